The Morgan fingerprint density at radius 1 is 1.37 bits per heavy atom. The normalized spacial score (nSPS) is 14.7. The van der Waals surface area contributed by atoms with Gasteiger partial charge in [0.2, 0.25) is 0 Å². The fourth-order valence-corrected chi connectivity index (χ4v) is 3.42. The summed E-state index contributed by atoms with van der Waals surface area (Å²) in [5.74, 6) is 2.31. The van der Waals surface area contributed by atoms with Crippen LogP contribution in [0.2, 0.25) is 0 Å². The van der Waals surface area contributed by atoms with E-state index in [4.69, 9.17) is 4.98 Å². The molecule has 0 spiro atoms. The summed E-state index contributed by atoms with van der Waals surface area (Å²) in [7, 11) is 0. The third kappa shape index (κ3) is 2.74. The number of aromatic nitrogens is 3. The summed E-state index contributed by atoms with van der Waals surface area (Å²) in [5, 5.41) is 6.42. The van der Waals surface area contributed by atoms with Crippen LogP contribution in [0.15, 0.2) is 5.38 Å². The summed E-state index contributed by atoms with van der Waals surface area (Å²) >= 11 is 3.99. The van der Waals surface area contributed by atoms with Crippen molar-refractivity contribution < 1.29 is 0 Å². The van der Waals surface area contributed by atoms with E-state index in [0.717, 1.165) is 32.5 Å². The molecule has 6 heteroatoms. The van der Waals surface area contributed by atoms with E-state index in [2.05, 4.69) is 44.8 Å². The number of aryl methyl sites for hydroxylation is 1. The van der Waals surface area contributed by atoms with Gasteiger partial charge in [0, 0.05) is 17.8 Å². The molecule has 2 aromatic rings. The average Bonchev–Trinajstić information content (AvgIpc) is 3.14. The lowest BCUT2D eigenvalue weighted by Crippen LogP contribution is -2.07. The Morgan fingerprint density at radius 2 is 2.16 bits per heavy atom. The number of rotatable bonds is 4. The van der Waals surface area contributed by atoms with Gasteiger partial charge in [0.1, 0.15) is 11.5 Å². The van der Waals surface area contributed by atoms with E-state index in [9.17, 15) is 0 Å². The smallest absolute Gasteiger partial charge is 0.181 e. The molecule has 100 valence electrons. The number of hydrogen-bond donors (Lipinski definition) is 1. The molecule has 0 bridgehead atoms. The first-order valence-corrected chi connectivity index (χ1v) is 8.38. The van der Waals surface area contributed by atoms with E-state index in [1.165, 1.54) is 18.5 Å². The highest BCUT2D eigenvalue weighted by atomic mass is 127. The van der Waals surface area contributed by atoms with Gasteiger partial charge >= 0.3 is 0 Å². The largest absolute Gasteiger partial charge is 0.369 e. The van der Waals surface area contributed by atoms with E-state index in [1.54, 1.807) is 11.3 Å². The number of anilines is 1. The standard InChI is InChI=1S/C13H15IN4S/c1-3-15-13-10(14)11(8-4-5-8)17-12(18-13)9-6-19-7(2)16-9/h6,8H,3-5H2,1-2H3,(H,15,17,18). The minimum absolute atomic E-state index is 0.616. The van der Waals surface area contributed by atoms with Gasteiger partial charge in [0.25, 0.3) is 0 Å². The topological polar surface area (TPSA) is 50.7 Å². The van der Waals surface area contributed by atoms with Crippen molar-refractivity contribution in [3.8, 4) is 11.5 Å². The highest BCUT2D eigenvalue weighted by Gasteiger charge is 2.29. The highest BCUT2D eigenvalue weighted by molar-refractivity contribution is 14.1. The van der Waals surface area contributed by atoms with Crippen molar-refractivity contribution in [1.82, 2.24) is 15.0 Å². The van der Waals surface area contributed by atoms with Crippen LogP contribution in [0.1, 0.15) is 36.4 Å². The van der Waals surface area contributed by atoms with Gasteiger partial charge in [-0.3, -0.25) is 0 Å². The van der Waals surface area contributed by atoms with Crippen LogP contribution in [0.25, 0.3) is 11.5 Å². The van der Waals surface area contributed by atoms with Crippen LogP contribution in [-0.2, 0) is 0 Å². The van der Waals surface area contributed by atoms with Gasteiger partial charge in [0.05, 0.1) is 14.3 Å². The third-order valence-corrected chi connectivity index (χ3v) is 4.87. The molecule has 0 aromatic carbocycles. The molecule has 3 rings (SSSR count). The SMILES string of the molecule is CCNc1nc(-c2csc(C)n2)nc(C2CC2)c1I. The summed E-state index contributed by atoms with van der Waals surface area (Å²) in [6, 6.07) is 0. The maximum atomic E-state index is 4.75. The van der Waals surface area contributed by atoms with Crippen molar-refractivity contribution in [3.63, 3.8) is 0 Å². The van der Waals surface area contributed by atoms with Crippen LogP contribution >= 0.6 is 33.9 Å². The lowest BCUT2D eigenvalue weighted by atomic mass is 10.2. The maximum Gasteiger partial charge on any atom is 0.181 e. The molecule has 1 fully saturated rings. The predicted molar refractivity (Wildman–Crippen MR) is 86.7 cm³/mol. The molecule has 1 aliphatic carbocycles. The van der Waals surface area contributed by atoms with Gasteiger partial charge < -0.3 is 5.32 Å². The molecule has 19 heavy (non-hydrogen) atoms. The van der Waals surface area contributed by atoms with Crippen LogP contribution in [0.4, 0.5) is 5.82 Å². The molecule has 1 N–H and O–H groups in total. The van der Waals surface area contributed by atoms with Crippen molar-refractivity contribution in [3.05, 3.63) is 19.7 Å². The third-order valence-electron chi connectivity index (χ3n) is 3.03. The molecule has 0 radical (unpaired) electrons. The maximum absolute atomic E-state index is 4.75. The quantitative estimate of drug-likeness (QED) is 0.812. The number of thiazole rings is 1. The molecule has 1 saturated carbocycles. The van der Waals surface area contributed by atoms with E-state index in [1.807, 2.05) is 12.3 Å². The lowest BCUT2D eigenvalue weighted by Gasteiger charge is -2.10. The summed E-state index contributed by atoms with van der Waals surface area (Å²) in [4.78, 5) is 13.9. The molecule has 2 heterocycles. The van der Waals surface area contributed by atoms with E-state index in [-0.39, 0.29) is 0 Å². The van der Waals surface area contributed by atoms with Crippen LogP contribution in [0.5, 0.6) is 0 Å². The molecular weight excluding hydrogens is 371 g/mol. The second-order valence-corrected chi connectivity index (χ2v) is 6.79. The van der Waals surface area contributed by atoms with E-state index < -0.39 is 0 Å². The molecular formula is C13H15IN4S. The number of nitrogens with one attached hydrogen (secondary N) is 1. The van der Waals surface area contributed by atoms with Gasteiger partial charge in [-0.25, -0.2) is 15.0 Å². The van der Waals surface area contributed by atoms with E-state index >= 15 is 0 Å². The Kier molecular flexibility index (Phi) is 3.70. The van der Waals surface area contributed by atoms with Crippen molar-refractivity contribution in [2.75, 3.05) is 11.9 Å². The molecule has 0 atom stereocenters. The summed E-state index contributed by atoms with van der Waals surface area (Å²) in [6.07, 6.45) is 2.49. The predicted octanol–water partition coefficient (Wildman–Crippen LogP) is 3.82. The average molecular weight is 386 g/mol. The Labute approximate surface area is 130 Å². The minimum Gasteiger partial charge on any atom is -0.369 e. The van der Waals surface area contributed by atoms with Crippen molar-refractivity contribution in [2.24, 2.45) is 0 Å². The fourth-order valence-electron chi connectivity index (χ4n) is 1.96. The van der Waals surface area contributed by atoms with Gasteiger partial charge in [0.15, 0.2) is 5.82 Å². The summed E-state index contributed by atoms with van der Waals surface area (Å²) in [6.45, 7) is 4.96. The monoisotopic (exact) mass is 386 g/mol. The first-order valence-electron chi connectivity index (χ1n) is 6.42. The molecule has 0 saturated heterocycles. The van der Waals surface area contributed by atoms with Crippen molar-refractivity contribution >= 4 is 39.7 Å². The van der Waals surface area contributed by atoms with Gasteiger partial charge in [-0.05, 0) is 49.3 Å². The molecule has 2 aromatic heterocycles. The molecule has 1 aliphatic rings. The lowest BCUT2D eigenvalue weighted by molar-refractivity contribution is 0.967. The number of nitrogens with zero attached hydrogens (tertiary/aromatic N) is 3. The Bertz CT molecular complexity index is 607. The van der Waals surface area contributed by atoms with Crippen LogP contribution in [0, 0.1) is 10.5 Å². The Morgan fingerprint density at radius 3 is 2.74 bits per heavy atom. The second kappa shape index (κ2) is 5.32. The first kappa shape index (κ1) is 13.2. The zero-order chi connectivity index (χ0) is 13.4. The van der Waals surface area contributed by atoms with Gasteiger partial charge in [-0.15, -0.1) is 11.3 Å². The van der Waals surface area contributed by atoms with Crippen LogP contribution in [0.3, 0.4) is 0 Å². The first-order chi connectivity index (χ1) is 9.19. The van der Waals surface area contributed by atoms with E-state index in [0.29, 0.717) is 5.92 Å². The summed E-state index contributed by atoms with van der Waals surface area (Å²) < 4.78 is 1.16. The molecule has 0 aliphatic heterocycles. The highest BCUT2D eigenvalue weighted by Crippen LogP contribution is 2.42. The molecule has 4 nitrogen and oxygen atoms in total. The number of halogens is 1. The van der Waals surface area contributed by atoms with Crippen molar-refractivity contribution in [1.29, 1.82) is 0 Å². The summed E-state index contributed by atoms with van der Waals surface area (Å²) in [5.41, 5.74) is 2.08. The Balaban J connectivity index is 2.08. The number of hydrogen-bond acceptors (Lipinski definition) is 5. The fraction of sp³-hybridized carbons (Fsp3) is 0.462. The molecule has 0 amide bonds. The minimum atomic E-state index is 0.616. The second-order valence-electron chi connectivity index (χ2n) is 4.65. The van der Waals surface area contributed by atoms with Crippen LogP contribution in [-0.4, -0.2) is 21.5 Å². The van der Waals surface area contributed by atoms with Gasteiger partial charge in [-0.1, -0.05) is 0 Å². The zero-order valence-corrected chi connectivity index (χ0v) is 13.9. The van der Waals surface area contributed by atoms with Gasteiger partial charge in [-0.2, -0.15) is 0 Å². The molecule has 0 unspecified atom stereocenters. The van der Waals surface area contributed by atoms with Crippen LogP contribution < -0.4 is 5.32 Å². The van der Waals surface area contributed by atoms with Crippen molar-refractivity contribution in [2.45, 2.75) is 32.6 Å². The zero-order valence-electron chi connectivity index (χ0n) is 10.9. The Hall–Kier alpha value is -0.760.